The highest BCUT2D eigenvalue weighted by Crippen LogP contribution is 2.33. The zero-order chi connectivity index (χ0) is 19.9. The third kappa shape index (κ3) is 4.52. The van der Waals surface area contributed by atoms with Crippen LogP contribution in [0, 0.1) is 11.3 Å². The number of rotatable bonds is 7. The van der Waals surface area contributed by atoms with Crippen molar-refractivity contribution < 1.29 is 9.47 Å². The molecule has 148 valence electrons. The lowest BCUT2D eigenvalue weighted by Crippen LogP contribution is -2.46. The average Bonchev–Trinajstić information content (AvgIpc) is 2.75. The molecule has 1 fully saturated rings. The summed E-state index contributed by atoms with van der Waals surface area (Å²) >= 11 is 0. The van der Waals surface area contributed by atoms with Gasteiger partial charge in [-0.25, -0.2) is 9.97 Å². The zero-order valence-electron chi connectivity index (χ0n) is 16.8. The van der Waals surface area contributed by atoms with E-state index in [1.54, 1.807) is 19.5 Å². The maximum absolute atomic E-state index is 9.25. The summed E-state index contributed by atoms with van der Waals surface area (Å²) in [5.74, 6) is 2.28. The van der Waals surface area contributed by atoms with Crippen molar-refractivity contribution in [2.45, 2.75) is 32.9 Å². The lowest BCUT2D eigenvalue weighted by molar-refractivity contribution is 0.196. The fourth-order valence-corrected chi connectivity index (χ4v) is 3.26. The predicted molar refractivity (Wildman–Crippen MR) is 108 cm³/mol. The average molecular weight is 381 g/mol. The molecule has 1 atom stereocenters. The van der Waals surface area contributed by atoms with Crippen molar-refractivity contribution in [1.29, 1.82) is 5.26 Å². The van der Waals surface area contributed by atoms with E-state index in [1.165, 1.54) is 0 Å². The molecule has 3 rings (SSSR count). The van der Waals surface area contributed by atoms with Gasteiger partial charge >= 0.3 is 0 Å². The Bertz CT molecular complexity index is 828. The molecule has 0 radical (unpaired) electrons. The number of anilines is 1. The number of ether oxygens (including phenoxy) is 2. The summed E-state index contributed by atoms with van der Waals surface area (Å²) in [7, 11) is 1.68. The molecule has 0 saturated carbocycles. The Labute approximate surface area is 166 Å². The van der Waals surface area contributed by atoms with Gasteiger partial charge in [-0.05, 0) is 19.4 Å². The number of hydrogen-bond acceptors (Lipinski definition) is 7. The molecule has 28 heavy (non-hydrogen) atoms. The number of nitriles is 1. The second-order valence-electron chi connectivity index (χ2n) is 6.89. The van der Waals surface area contributed by atoms with Crippen molar-refractivity contribution >= 4 is 5.82 Å². The van der Waals surface area contributed by atoms with Crippen LogP contribution in [0.1, 0.15) is 31.5 Å². The topological polar surface area (TPSA) is 74.5 Å². The van der Waals surface area contributed by atoms with Gasteiger partial charge in [-0.3, -0.25) is 4.90 Å². The first-order valence-electron chi connectivity index (χ1n) is 9.67. The van der Waals surface area contributed by atoms with Crippen molar-refractivity contribution in [2.75, 3.05) is 38.2 Å². The number of nitrogens with zero attached hydrogens (tertiary/aromatic N) is 5. The van der Waals surface area contributed by atoms with Gasteiger partial charge in [0.1, 0.15) is 6.07 Å². The van der Waals surface area contributed by atoms with E-state index in [1.807, 2.05) is 12.1 Å². The van der Waals surface area contributed by atoms with Gasteiger partial charge in [0.05, 0.1) is 13.2 Å². The van der Waals surface area contributed by atoms with Crippen LogP contribution in [-0.4, -0.2) is 54.3 Å². The van der Waals surface area contributed by atoms with E-state index < -0.39 is 0 Å². The van der Waals surface area contributed by atoms with Crippen LogP contribution in [0.4, 0.5) is 5.82 Å². The highest BCUT2D eigenvalue weighted by atomic mass is 16.5. The Hall–Kier alpha value is -2.85. The lowest BCUT2D eigenvalue weighted by Gasteiger charge is -2.35. The molecular weight excluding hydrogens is 354 g/mol. The van der Waals surface area contributed by atoms with Crippen LogP contribution in [-0.2, 0) is 6.54 Å². The first-order valence-corrected chi connectivity index (χ1v) is 9.67. The molecule has 0 aliphatic carbocycles. The standard InChI is InChI=1S/C21H27N5O2/c1-4-16(2)28-20-17(6-5-7-19(20)27-3)15-25-10-12-26(13-11-25)21-18(14-22)23-8-9-24-21/h5-9,16H,4,10-13,15H2,1-3H3/t16-/m1/s1. The van der Waals surface area contributed by atoms with Gasteiger partial charge in [-0.2, -0.15) is 5.26 Å². The first kappa shape index (κ1) is 19.9. The maximum Gasteiger partial charge on any atom is 0.183 e. The van der Waals surface area contributed by atoms with Gasteiger partial charge in [0.15, 0.2) is 23.0 Å². The second-order valence-corrected chi connectivity index (χ2v) is 6.89. The van der Waals surface area contributed by atoms with E-state index in [4.69, 9.17) is 9.47 Å². The van der Waals surface area contributed by atoms with Crippen LogP contribution >= 0.6 is 0 Å². The van der Waals surface area contributed by atoms with E-state index >= 15 is 0 Å². The van der Waals surface area contributed by atoms with Crippen molar-refractivity contribution in [2.24, 2.45) is 0 Å². The number of methoxy groups -OCH3 is 1. The van der Waals surface area contributed by atoms with Crippen LogP contribution in [0.25, 0.3) is 0 Å². The van der Waals surface area contributed by atoms with Crippen LogP contribution in [0.2, 0.25) is 0 Å². The van der Waals surface area contributed by atoms with Gasteiger partial charge in [0.2, 0.25) is 0 Å². The smallest absolute Gasteiger partial charge is 0.183 e. The minimum Gasteiger partial charge on any atom is -0.493 e. The van der Waals surface area contributed by atoms with E-state index in [2.05, 4.69) is 45.8 Å². The minimum atomic E-state index is 0.132. The van der Waals surface area contributed by atoms with E-state index in [0.717, 1.165) is 56.2 Å². The Morgan fingerprint density at radius 1 is 1.18 bits per heavy atom. The molecule has 0 unspecified atom stereocenters. The fraction of sp³-hybridized carbons (Fsp3) is 0.476. The van der Waals surface area contributed by atoms with Gasteiger partial charge in [-0.15, -0.1) is 0 Å². The molecule has 0 N–H and O–H groups in total. The SMILES string of the molecule is CC[C@@H](C)Oc1c(CN2CCN(c3nccnc3C#N)CC2)cccc1OC. The van der Waals surface area contributed by atoms with Crippen LogP contribution < -0.4 is 14.4 Å². The molecule has 1 saturated heterocycles. The quantitative estimate of drug-likeness (QED) is 0.730. The molecular formula is C21H27N5O2. The molecule has 2 aromatic rings. The van der Waals surface area contributed by atoms with Gasteiger partial charge in [0.25, 0.3) is 0 Å². The monoisotopic (exact) mass is 381 g/mol. The van der Waals surface area contributed by atoms with Crippen LogP contribution in [0.15, 0.2) is 30.6 Å². The van der Waals surface area contributed by atoms with Crippen LogP contribution in [0.5, 0.6) is 11.5 Å². The molecule has 2 heterocycles. The number of benzene rings is 1. The molecule has 0 spiro atoms. The molecule has 1 aliphatic rings. The summed E-state index contributed by atoms with van der Waals surface area (Å²) in [6, 6.07) is 8.18. The Morgan fingerprint density at radius 2 is 1.93 bits per heavy atom. The summed E-state index contributed by atoms with van der Waals surface area (Å²) in [5.41, 5.74) is 1.51. The summed E-state index contributed by atoms with van der Waals surface area (Å²) in [6.45, 7) is 8.34. The minimum absolute atomic E-state index is 0.132. The largest absolute Gasteiger partial charge is 0.493 e. The number of piperazine rings is 1. The predicted octanol–water partition coefficient (Wildman–Crippen LogP) is 2.86. The number of aromatic nitrogens is 2. The molecule has 1 aromatic heterocycles. The van der Waals surface area contributed by atoms with Crippen LogP contribution in [0.3, 0.4) is 0 Å². The van der Waals surface area contributed by atoms with E-state index in [9.17, 15) is 5.26 Å². The third-order valence-corrected chi connectivity index (χ3v) is 5.02. The molecule has 0 amide bonds. The second kappa shape index (κ2) is 9.38. The van der Waals surface area contributed by atoms with Crippen molar-refractivity contribution in [3.05, 3.63) is 41.9 Å². The summed E-state index contributed by atoms with van der Waals surface area (Å²) in [4.78, 5) is 13.0. The number of para-hydroxylation sites is 1. The van der Waals surface area contributed by atoms with Crippen molar-refractivity contribution in [3.63, 3.8) is 0 Å². The third-order valence-electron chi connectivity index (χ3n) is 5.02. The zero-order valence-corrected chi connectivity index (χ0v) is 16.8. The van der Waals surface area contributed by atoms with Gasteiger partial charge < -0.3 is 14.4 Å². The lowest BCUT2D eigenvalue weighted by atomic mass is 10.1. The van der Waals surface area contributed by atoms with E-state index in [0.29, 0.717) is 11.5 Å². The van der Waals surface area contributed by atoms with Gasteiger partial charge in [-0.1, -0.05) is 19.1 Å². The maximum atomic E-state index is 9.25. The van der Waals surface area contributed by atoms with Gasteiger partial charge in [0, 0.05) is 50.7 Å². The number of hydrogen-bond donors (Lipinski definition) is 0. The normalized spacial score (nSPS) is 15.7. The van der Waals surface area contributed by atoms with E-state index in [-0.39, 0.29) is 6.10 Å². The molecule has 7 nitrogen and oxygen atoms in total. The first-order chi connectivity index (χ1) is 13.7. The molecule has 1 aliphatic heterocycles. The Kier molecular flexibility index (Phi) is 6.66. The van der Waals surface area contributed by atoms with Crippen molar-refractivity contribution in [1.82, 2.24) is 14.9 Å². The molecule has 7 heteroatoms. The van der Waals surface area contributed by atoms with Crippen molar-refractivity contribution in [3.8, 4) is 17.6 Å². The Morgan fingerprint density at radius 3 is 2.61 bits per heavy atom. The highest BCUT2D eigenvalue weighted by Gasteiger charge is 2.22. The highest BCUT2D eigenvalue weighted by molar-refractivity contribution is 5.50. The molecule has 0 bridgehead atoms. The summed E-state index contributed by atoms with van der Waals surface area (Å²) < 4.78 is 11.7. The molecule has 1 aromatic carbocycles. The summed E-state index contributed by atoms with van der Waals surface area (Å²) in [5, 5.41) is 9.25. The Balaban J connectivity index is 1.69. The fourth-order valence-electron chi connectivity index (χ4n) is 3.26. The summed E-state index contributed by atoms with van der Waals surface area (Å²) in [6.07, 6.45) is 4.26.